The molecule has 10 nitrogen and oxygen atoms in total. The quantitative estimate of drug-likeness (QED) is 0.145. The highest BCUT2D eigenvalue weighted by Crippen LogP contribution is 2.23. The van der Waals surface area contributed by atoms with E-state index in [0.717, 1.165) is 130 Å². The van der Waals surface area contributed by atoms with Crippen molar-refractivity contribution >= 4 is 23.1 Å². The SMILES string of the molecule is Cc1cccc(C#Cc2ccc3c(n2)CCCC3=O)c1.O=C1CCCc2nc(C#Cc3cccc(O)c3)ccc21.O=C1CCCc2nc(C#Cc3ccccc3)ccc21.O=C1CCCc2nc(C#Cc3cccnc3)ccc21. The van der Waals surface area contributed by atoms with Crippen LogP contribution in [0.5, 0.6) is 5.75 Å². The summed E-state index contributed by atoms with van der Waals surface area (Å²) in [7, 11) is 0. The van der Waals surface area contributed by atoms with Crippen molar-refractivity contribution in [2.24, 2.45) is 0 Å². The summed E-state index contributed by atoms with van der Waals surface area (Å²) in [4.78, 5) is 68.7. The highest BCUT2D eigenvalue weighted by Gasteiger charge is 2.21. The van der Waals surface area contributed by atoms with Crippen molar-refractivity contribution in [3.05, 3.63) is 248 Å². The molecule has 5 heterocycles. The van der Waals surface area contributed by atoms with Gasteiger partial charge < -0.3 is 5.11 Å². The second-order valence-corrected chi connectivity index (χ2v) is 18.9. The third-order valence-corrected chi connectivity index (χ3v) is 13.0. The largest absolute Gasteiger partial charge is 0.508 e. The predicted octanol–water partition coefficient (Wildman–Crippen LogP) is 11.4. The van der Waals surface area contributed by atoms with Crippen LogP contribution in [0.1, 0.15) is 166 Å². The first-order valence-electron chi connectivity index (χ1n) is 26.1. The molecule has 0 amide bonds. The minimum atomic E-state index is 0.172. The number of rotatable bonds is 0. The number of pyridine rings is 5. The van der Waals surface area contributed by atoms with Crippen LogP contribution in [0.15, 0.2) is 152 Å². The number of aromatic nitrogens is 5. The lowest BCUT2D eigenvalue weighted by molar-refractivity contribution is 0.0963. The van der Waals surface area contributed by atoms with Gasteiger partial charge in [0, 0.05) is 82.6 Å². The van der Waals surface area contributed by atoms with Crippen LogP contribution in [-0.4, -0.2) is 53.2 Å². The number of benzene rings is 3. The molecule has 0 saturated heterocycles. The molecule has 78 heavy (non-hydrogen) atoms. The molecular weight excluding hydrogens is 967 g/mol. The highest BCUT2D eigenvalue weighted by molar-refractivity contribution is 5.99. The van der Waals surface area contributed by atoms with Crippen molar-refractivity contribution in [3.8, 4) is 53.1 Å². The Morgan fingerprint density at radius 1 is 0.359 bits per heavy atom. The van der Waals surface area contributed by atoms with Crippen molar-refractivity contribution < 1.29 is 24.3 Å². The van der Waals surface area contributed by atoms with Gasteiger partial charge in [0.1, 0.15) is 28.5 Å². The number of fused-ring (bicyclic) bond motifs is 4. The zero-order valence-electron chi connectivity index (χ0n) is 43.2. The molecule has 0 fully saturated rings. The zero-order valence-corrected chi connectivity index (χ0v) is 43.2. The minimum absolute atomic E-state index is 0.172. The smallest absolute Gasteiger partial charge is 0.164 e. The zero-order chi connectivity index (χ0) is 54.1. The summed E-state index contributed by atoms with van der Waals surface area (Å²) in [5, 5.41) is 9.38. The van der Waals surface area contributed by atoms with E-state index in [1.165, 1.54) is 5.56 Å². The fourth-order valence-corrected chi connectivity index (χ4v) is 9.08. The van der Waals surface area contributed by atoms with Crippen LogP contribution in [0.25, 0.3) is 0 Å². The molecule has 380 valence electrons. The van der Waals surface area contributed by atoms with Gasteiger partial charge in [-0.25, -0.2) is 19.9 Å². The van der Waals surface area contributed by atoms with Crippen molar-refractivity contribution in [2.45, 2.75) is 84.0 Å². The average Bonchev–Trinajstić information content (AvgIpc) is 3.47. The lowest BCUT2D eigenvalue weighted by Gasteiger charge is -2.12. The standard InChI is InChI=1S/C18H15NO.C17H13NO2.C17H13NO.C16H12N2O/c1-13-4-2-5-14(12-13)8-9-15-10-11-16-17(19-15)6-3-7-18(16)20;19-14-4-1-3-12(11-14)7-8-13-9-10-15-16(18-13)5-2-6-17(15)20;19-17-8-4-7-16-15(17)12-11-14(18-16)10-9-13-5-2-1-3-6-13;19-16-5-1-4-15-14(16)9-8-13(18-15)7-6-12-3-2-10-17-11-12/h2,4-5,10-12H,3,6-7H2,1H3;1,3-4,9-11,19H,2,5-6H2;1-3,5-6,11-12H,4,7-8H2;2-3,8-11H,1,4-5H2. The molecule has 0 saturated carbocycles. The Labute approximate surface area is 454 Å². The number of phenolic OH excluding ortho intramolecular Hbond substituents is 1. The monoisotopic (exact) mass is 1020 g/mol. The van der Waals surface area contributed by atoms with Crippen LogP contribution in [0, 0.1) is 54.3 Å². The van der Waals surface area contributed by atoms with Crippen molar-refractivity contribution in [3.63, 3.8) is 0 Å². The average molecular weight is 1020 g/mol. The van der Waals surface area contributed by atoms with Gasteiger partial charge in [-0.15, -0.1) is 0 Å². The topological polar surface area (TPSA) is 153 Å². The molecule has 0 spiro atoms. The van der Waals surface area contributed by atoms with Gasteiger partial charge >= 0.3 is 0 Å². The lowest BCUT2D eigenvalue weighted by atomic mass is 9.94. The van der Waals surface area contributed by atoms with Crippen LogP contribution >= 0.6 is 0 Å². The van der Waals surface area contributed by atoms with Gasteiger partial charge in [0.05, 0.1) is 22.8 Å². The number of hydrogen-bond acceptors (Lipinski definition) is 10. The molecular formula is C68H53N5O5. The summed E-state index contributed by atoms with van der Waals surface area (Å²) in [6.45, 7) is 2.05. The van der Waals surface area contributed by atoms with Crippen LogP contribution in [-0.2, 0) is 25.7 Å². The molecule has 1 N–H and O–H groups in total. The summed E-state index contributed by atoms with van der Waals surface area (Å²) in [5.41, 5.74) is 14.2. The fourth-order valence-electron chi connectivity index (χ4n) is 9.08. The second kappa shape index (κ2) is 26.1. The Hall–Kier alpha value is -9.87. The van der Waals surface area contributed by atoms with Gasteiger partial charge in [0.15, 0.2) is 23.1 Å². The van der Waals surface area contributed by atoms with Crippen molar-refractivity contribution in [2.75, 3.05) is 0 Å². The Bertz CT molecular complexity index is 3590. The van der Waals surface area contributed by atoms with Gasteiger partial charge in [0.2, 0.25) is 0 Å². The maximum atomic E-state index is 11.7. The van der Waals surface area contributed by atoms with Crippen molar-refractivity contribution in [1.82, 2.24) is 24.9 Å². The summed E-state index contributed by atoms with van der Waals surface area (Å²) in [5.74, 6) is 25.3. The molecule has 0 atom stereocenters. The number of carbonyl (C=O) groups excluding carboxylic acids is 4. The first kappa shape index (κ1) is 53.0. The number of phenols is 1. The van der Waals surface area contributed by atoms with E-state index in [4.69, 9.17) is 0 Å². The maximum absolute atomic E-state index is 11.7. The number of hydrogen-bond donors (Lipinski definition) is 1. The lowest BCUT2D eigenvalue weighted by Crippen LogP contribution is -2.12. The number of ketones is 4. The molecule has 10 heteroatoms. The van der Waals surface area contributed by atoms with E-state index in [-0.39, 0.29) is 28.9 Å². The number of nitrogens with zero attached hydrogens (tertiary/aromatic N) is 5. The molecule has 0 bridgehead atoms. The van der Waals surface area contributed by atoms with Gasteiger partial charge in [0.25, 0.3) is 0 Å². The van der Waals surface area contributed by atoms with Crippen LogP contribution in [0.2, 0.25) is 0 Å². The van der Waals surface area contributed by atoms with Gasteiger partial charge in [-0.1, -0.05) is 60.1 Å². The predicted molar refractivity (Wildman–Crippen MR) is 300 cm³/mol. The summed E-state index contributed by atoms with van der Waals surface area (Å²) >= 11 is 0. The number of carbonyl (C=O) groups is 4. The Kier molecular flexibility index (Phi) is 17.7. The third kappa shape index (κ3) is 14.7. The molecule has 3 aromatic carbocycles. The molecule has 12 rings (SSSR count). The summed E-state index contributed by atoms with van der Waals surface area (Å²) in [6, 6.07) is 43.1. The molecule has 5 aromatic heterocycles. The highest BCUT2D eigenvalue weighted by atomic mass is 16.3. The van der Waals surface area contributed by atoms with E-state index in [2.05, 4.69) is 78.3 Å². The Morgan fingerprint density at radius 3 is 1.13 bits per heavy atom. The normalized spacial score (nSPS) is 13.3. The summed E-state index contributed by atoms with van der Waals surface area (Å²) in [6.07, 6.45) is 13.0. The number of aromatic hydroxyl groups is 1. The fraction of sp³-hybridized carbons (Fsp3) is 0.191. The van der Waals surface area contributed by atoms with Crippen LogP contribution in [0.3, 0.4) is 0 Å². The summed E-state index contributed by atoms with van der Waals surface area (Å²) < 4.78 is 0. The number of Topliss-reactive ketones (excluding diaryl/α,β-unsaturated/α-hetero) is 4. The van der Waals surface area contributed by atoms with Crippen LogP contribution < -0.4 is 0 Å². The Morgan fingerprint density at radius 2 is 0.731 bits per heavy atom. The van der Waals surface area contributed by atoms with Crippen molar-refractivity contribution in [1.29, 1.82) is 0 Å². The number of aryl methyl sites for hydroxylation is 5. The molecule has 8 aromatic rings. The first-order chi connectivity index (χ1) is 38.1. The molecule has 0 unspecified atom stereocenters. The van der Waals surface area contributed by atoms with Crippen LogP contribution in [0.4, 0.5) is 0 Å². The molecule has 4 aliphatic rings. The van der Waals surface area contributed by atoms with Gasteiger partial charge in [-0.3, -0.25) is 24.2 Å². The van der Waals surface area contributed by atoms with E-state index < -0.39 is 0 Å². The molecule has 0 radical (unpaired) electrons. The Balaban J connectivity index is 0.000000126. The van der Waals surface area contributed by atoms with E-state index >= 15 is 0 Å². The third-order valence-electron chi connectivity index (χ3n) is 13.0. The van der Waals surface area contributed by atoms with E-state index in [0.29, 0.717) is 37.1 Å². The van der Waals surface area contributed by atoms with Gasteiger partial charge in [-0.2, -0.15) is 0 Å². The van der Waals surface area contributed by atoms with E-state index in [1.807, 2.05) is 116 Å². The minimum Gasteiger partial charge on any atom is -0.508 e. The first-order valence-corrected chi connectivity index (χ1v) is 26.1. The second-order valence-electron chi connectivity index (χ2n) is 18.9. The van der Waals surface area contributed by atoms with E-state index in [9.17, 15) is 24.3 Å². The van der Waals surface area contributed by atoms with Gasteiger partial charge in [-0.05, 0) is 191 Å². The van der Waals surface area contributed by atoms with E-state index in [1.54, 1.807) is 36.7 Å². The molecule has 4 aliphatic carbocycles. The molecule has 0 aliphatic heterocycles. The maximum Gasteiger partial charge on any atom is 0.164 e.